The Morgan fingerprint density at radius 2 is 1.90 bits per heavy atom. The largest absolute Gasteiger partial charge is 0.497 e. The number of benzene rings is 1. The number of rotatable bonds is 6. The molecule has 1 amide bonds. The molecule has 1 aliphatic rings. The highest BCUT2D eigenvalue weighted by Crippen LogP contribution is 2.31. The van der Waals surface area contributed by atoms with Crippen LogP contribution in [0, 0.1) is 5.92 Å². The number of piperidine rings is 1. The Morgan fingerprint density at radius 1 is 1.19 bits per heavy atom. The van der Waals surface area contributed by atoms with Gasteiger partial charge in [-0.1, -0.05) is 11.6 Å². The van der Waals surface area contributed by atoms with Gasteiger partial charge in [0.15, 0.2) is 5.13 Å². The van der Waals surface area contributed by atoms with Gasteiger partial charge in [0.1, 0.15) is 9.96 Å². The maximum atomic E-state index is 12.7. The average molecular weight is 498 g/mol. The highest BCUT2D eigenvalue weighted by atomic mass is 35.5. The fourth-order valence-corrected chi connectivity index (χ4v) is 7.18. The molecule has 0 bridgehead atoms. The number of sulfonamides is 1. The number of thiazole rings is 1. The molecule has 0 spiro atoms. The van der Waals surface area contributed by atoms with E-state index in [-0.39, 0.29) is 16.0 Å². The van der Waals surface area contributed by atoms with E-state index in [0.717, 1.165) is 28.3 Å². The van der Waals surface area contributed by atoms with Gasteiger partial charge in [-0.05, 0) is 49.2 Å². The summed E-state index contributed by atoms with van der Waals surface area (Å²) < 4.78 is 32.7. The zero-order valence-electron chi connectivity index (χ0n) is 16.6. The van der Waals surface area contributed by atoms with Crippen molar-refractivity contribution in [2.45, 2.75) is 17.1 Å². The third kappa shape index (κ3) is 4.93. The van der Waals surface area contributed by atoms with Crippen LogP contribution in [0.15, 0.2) is 46.0 Å². The van der Waals surface area contributed by atoms with E-state index in [9.17, 15) is 13.2 Å². The van der Waals surface area contributed by atoms with Crippen LogP contribution in [0.4, 0.5) is 5.13 Å². The molecule has 3 aromatic rings. The number of hydrogen-bond acceptors (Lipinski definition) is 7. The summed E-state index contributed by atoms with van der Waals surface area (Å²) in [6.45, 7) is 0.593. The molecular weight excluding hydrogens is 478 g/mol. The number of nitrogens with zero attached hydrogens (tertiary/aromatic N) is 2. The first-order valence-electron chi connectivity index (χ1n) is 9.53. The van der Waals surface area contributed by atoms with Crippen molar-refractivity contribution >= 4 is 55.3 Å². The number of anilines is 1. The van der Waals surface area contributed by atoms with E-state index in [2.05, 4.69) is 10.3 Å². The number of aromatic nitrogens is 1. The van der Waals surface area contributed by atoms with Crippen LogP contribution in [-0.4, -0.2) is 43.8 Å². The molecular formula is C20H20ClN3O4S3. The van der Waals surface area contributed by atoms with Crippen molar-refractivity contribution < 1.29 is 17.9 Å². The molecule has 164 valence electrons. The molecule has 1 aliphatic heterocycles. The summed E-state index contributed by atoms with van der Waals surface area (Å²) in [7, 11) is -1.95. The molecule has 0 radical (unpaired) electrons. The lowest BCUT2D eigenvalue weighted by atomic mass is 9.97. The zero-order valence-corrected chi connectivity index (χ0v) is 19.8. The van der Waals surface area contributed by atoms with Gasteiger partial charge < -0.3 is 10.1 Å². The molecule has 0 saturated carbocycles. The van der Waals surface area contributed by atoms with Crippen molar-refractivity contribution in [2.24, 2.45) is 5.92 Å². The summed E-state index contributed by atoms with van der Waals surface area (Å²) in [6, 6.07) is 10.6. The van der Waals surface area contributed by atoms with E-state index < -0.39 is 10.0 Å². The maximum absolute atomic E-state index is 12.7. The average Bonchev–Trinajstić information content (AvgIpc) is 3.43. The number of amides is 1. The Balaban J connectivity index is 1.35. The first-order chi connectivity index (χ1) is 14.9. The fourth-order valence-electron chi connectivity index (χ4n) is 3.35. The molecule has 4 rings (SSSR count). The van der Waals surface area contributed by atoms with Crippen molar-refractivity contribution in [1.82, 2.24) is 9.29 Å². The third-order valence-electron chi connectivity index (χ3n) is 5.09. The molecule has 2 aromatic heterocycles. The van der Waals surface area contributed by atoms with Gasteiger partial charge in [-0.25, -0.2) is 13.4 Å². The van der Waals surface area contributed by atoms with Crippen LogP contribution in [0.3, 0.4) is 0 Å². The lowest BCUT2D eigenvalue weighted by Gasteiger charge is -2.29. The van der Waals surface area contributed by atoms with Crippen molar-refractivity contribution in [1.29, 1.82) is 0 Å². The summed E-state index contributed by atoms with van der Waals surface area (Å²) in [5.74, 6) is 0.376. The smallest absolute Gasteiger partial charge is 0.252 e. The first-order valence-corrected chi connectivity index (χ1v) is 13.0. The second-order valence-corrected chi connectivity index (χ2v) is 11.7. The van der Waals surface area contributed by atoms with Crippen LogP contribution in [0.5, 0.6) is 5.75 Å². The minimum absolute atomic E-state index is 0.133. The van der Waals surface area contributed by atoms with Gasteiger partial charge in [-0.3, -0.25) is 4.79 Å². The molecule has 3 heterocycles. The Bertz CT molecular complexity index is 1170. The Kier molecular flexibility index (Phi) is 6.63. The molecule has 1 aromatic carbocycles. The third-order valence-corrected chi connectivity index (χ3v) is 9.44. The van der Waals surface area contributed by atoms with E-state index in [1.807, 2.05) is 29.6 Å². The number of ether oxygens (including phenoxy) is 1. The molecule has 1 N–H and O–H groups in total. The van der Waals surface area contributed by atoms with Crippen molar-refractivity contribution in [3.63, 3.8) is 0 Å². The van der Waals surface area contributed by atoms with Crippen LogP contribution in [-0.2, 0) is 14.8 Å². The lowest BCUT2D eigenvalue weighted by molar-refractivity contribution is -0.120. The van der Waals surface area contributed by atoms with Gasteiger partial charge >= 0.3 is 0 Å². The van der Waals surface area contributed by atoms with Crippen molar-refractivity contribution in [3.8, 4) is 17.0 Å². The number of halogens is 1. The Labute approximate surface area is 193 Å². The summed E-state index contributed by atoms with van der Waals surface area (Å²) in [5.41, 5.74) is 1.71. The van der Waals surface area contributed by atoms with Gasteiger partial charge in [0, 0.05) is 30.0 Å². The topological polar surface area (TPSA) is 88.6 Å². The Hall–Kier alpha value is -1.98. The number of hydrogen-bond donors (Lipinski definition) is 1. The van der Waals surface area contributed by atoms with Crippen LogP contribution < -0.4 is 10.1 Å². The fraction of sp³-hybridized carbons (Fsp3) is 0.300. The van der Waals surface area contributed by atoms with Crippen LogP contribution in [0.25, 0.3) is 11.3 Å². The molecule has 0 atom stereocenters. The quantitative estimate of drug-likeness (QED) is 0.538. The molecule has 11 heteroatoms. The number of nitrogens with one attached hydrogen (secondary N) is 1. The van der Waals surface area contributed by atoms with E-state index in [1.54, 1.807) is 13.2 Å². The number of carbonyl (C=O) groups excluding carboxylic acids is 1. The molecule has 1 fully saturated rings. The summed E-state index contributed by atoms with van der Waals surface area (Å²) in [4.78, 5) is 17.2. The molecule has 1 saturated heterocycles. The molecule has 31 heavy (non-hydrogen) atoms. The minimum atomic E-state index is -3.57. The highest BCUT2D eigenvalue weighted by Gasteiger charge is 2.33. The second kappa shape index (κ2) is 9.25. The number of methoxy groups -OCH3 is 1. The van der Waals surface area contributed by atoms with Gasteiger partial charge in [0.05, 0.1) is 17.1 Å². The lowest BCUT2D eigenvalue weighted by Crippen LogP contribution is -2.41. The Morgan fingerprint density at radius 3 is 2.52 bits per heavy atom. The summed E-state index contributed by atoms with van der Waals surface area (Å²) in [6.07, 6.45) is 0.918. The molecule has 7 nitrogen and oxygen atoms in total. The van der Waals surface area contributed by atoms with Crippen LogP contribution >= 0.6 is 34.3 Å². The van der Waals surface area contributed by atoms with Gasteiger partial charge in [-0.15, -0.1) is 22.7 Å². The maximum Gasteiger partial charge on any atom is 0.252 e. The number of carbonyl (C=O) groups is 1. The normalized spacial score (nSPS) is 15.7. The second-order valence-electron chi connectivity index (χ2n) is 6.99. The number of thiophene rings is 1. The highest BCUT2D eigenvalue weighted by molar-refractivity contribution is 7.91. The zero-order chi connectivity index (χ0) is 22.0. The molecule has 0 unspecified atom stereocenters. The van der Waals surface area contributed by atoms with Gasteiger partial charge in [0.25, 0.3) is 10.0 Å². The minimum Gasteiger partial charge on any atom is -0.497 e. The monoisotopic (exact) mass is 497 g/mol. The van der Waals surface area contributed by atoms with E-state index in [4.69, 9.17) is 16.3 Å². The SMILES string of the molecule is COc1ccc(-c2csc(NC(=O)C3CCN(S(=O)(=O)c4ccc(Cl)s4)CC3)n2)cc1. The van der Waals surface area contributed by atoms with Crippen molar-refractivity contribution in [3.05, 3.63) is 46.1 Å². The van der Waals surface area contributed by atoms with Crippen molar-refractivity contribution in [2.75, 3.05) is 25.5 Å². The standard InChI is InChI=1S/C20H20ClN3O4S3/c1-28-15-4-2-13(3-5-15)16-12-29-20(22-16)23-19(25)14-8-10-24(11-9-14)31(26,27)18-7-6-17(21)30-18/h2-7,12,14H,8-11H2,1H3,(H,22,23,25). The van der Waals surface area contributed by atoms with E-state index >= 15 is 0 Å². The predicted molar refractivity (Wildman–Crippen MR) is 124 cm³/mol. The van der Waals surface area contributed by atoms with Crippen LogP contribution in [0.2, 0.25) is 4.34 Å². The summed E-state index contributed by atoms with van der Waals surface area (Å²) in [5, 5.41) is 5.29. The van der Waals surface area contributed by atoms with Gasteiger partial charge in [-0.2, -0.15) is 4.31 Å². The van der Waals surface area contributed by atoms with E-state index in [0.29, 0.717) is 35.4 Å². The van der Waals surface area contributed by atoms with E-state index in [1.165, 1.54) is 21.7 Å². The first kappa shape index (κ1) is 22.2. The van der Waals surface area contributed by atoms with Gasteiger partial charge in [0.2, 0.25) is 5.91 Å². The molecule has 0 aliphatic carbocycles. The summed E-state index contributed by atoms with van der Waals surface area (Å²) >= 11 is 8.28. The van der Waals surface area contributed by atoms with Crippen LogP contribution in [0.1, 0.15) is 12.8 Å². The predicted octanol–water partition coefficient (Wildman–Crippen LogP) is 4.57.